The highest BCUT2D eigenvalue weighted by Gasteiger charge is 2.01. The Balaban J connectivity index is 1.95. The summed E-state index contributed by atoms with van der Waals surface area (Å²) in [6.07, 6.45) is 4.47. The first kappa shape index (κ1) is 16.3. The summed E-state index contributed by atoms with van der Waals surface area (Å²) >= 11 is 0. The molecular formula is C13H21N3OS2. The zero-order valence-corrected chi connectivity index (χ0v) is 12.9. The lowest BCUT2D eigenvalue weighted by molar-refractivity contribution is -0.120. The second-order valence-corrected chi connectivity index (χ2v) is 6.42. The molecule has 0 fully saturated rings. The zero-order valence-electron chi connectivity index (χ0n) is 11.2. The number of amides is 1. The molecule has 0 aliphatic rings. The van der Waals surface area contributed by atoms with Gasteiger partial charge in [-0.15, -0.1) is 0 Å². The van der Waals surface area contributed by atoms with E-state index in [1.54, 1.807) is 27.8 Å². The standard InChI is InChI=1S/C13H21N3OS2/c1-14-8-4-5-9-15-12(17)7-11-18-19-13-6-2-3-10-16-13/h2-3,6,10,14H,4-5,7-9,11H2,1H3,(H,15,17). The lowest BCUT2D eigenvalue weighted by Gasteiger charge is -2.04. The molecule has 0 aromatic carbocycles. The molecule has 4 nitrogen and oxygen atoms in total. The molecule has 1 rings (SSSR count). The summed E-state index contributed by atoms with van der Waals surface area (Å²) in [7, 11) is 5.22. The van der Waals surface area contributed by atoms with Gasteiger partial charge in [-0.2, -0.15) is 0 Å². The van der Waals surface area contributed by atoms with Crippen LogP contribution in [0.2, 0.25) is 0 Å². The van der Waals surface area contributed by atoms with E-state index in [0.717, 1.165) is 36.7 Å². The quantitative estimate of drug-likeness (QED) is 0.513. The van der Waals surface area contributed by atoms with Crippen molar-refractivity contribution >= 4 is 27.5 Å². The minimum absolute atomic E-state index is 0.138. The third-order valence-corrected chi connectivity index (χ3v) is 4.64. The van der Waals surface area contributed by atoms with Gasteiger partial charge in [0.2, 0.25) is 5.91 Å². The number of rotatable bonds is 10. The summed E-state index contributed by atoms with van der Waals surface area (Å²) in [4.78, 5) is 15.7. The van der Waals surface area contributed by atoms with Crippen LogP contribution in [0.4, 0.5) is 0 Å². The molecule has 0 saturated heterocycles. The van der Waals surface area contributed by atoms with Crippen molar-refractivity contribution in [1.29, 1.82) is 0 Å². The molecule has 1 aromatic rings. The van der Waals surface area contributed by atoms with Gasteiger partial charge < -0.3 is 10.6 Å². The van der Waals surface area contributed by atoms with E-state index in [1.165, 1.54) is 0 Å². The van der Waals surface area contributed by atoms with Crippen molar-refractivity contribution < 1.29 is 4.79 Å². The predicted molar refractivity (Wildman–Crippen MR) is 83.3 cm³/mol. The SMILES string of the molecule is CNCCCCNC(=O)CCSSc1ccccn1. The van der Waals surface area contributed by atoms with Crippen LogP contribution in [-0.4, -0.2) is 36.8 Å². The smallest absolute Gasteiger partial charge is 0.220 e. The first-order valence-electron chi connectivity index (χ1n) is 6.44. The molecule has 2 N–H and O–H groups in total. The van der Waals surface area contributed by atoms with Crippen molar-refractivity contribution in [2.45, 2.75) is 24.3 Å². The number of carbonyl (C=O) groups is 1. The Morgan fingerprint density at radius 2 is 2.16 bits per heavy atom. The van der Waals surface area contributed by atoms with Crippen molar-refractivity contribution in [2.24, 2.45) is 0 Å². The first-order valence-corrected chi connectivity index (χ1v) is 8.76. The number of nitrogens with zero attached hydrogens (tertiary/aromatic N) is 1. The molecule has 0 spiro atoms. The van der Waals surface area contributed by atoms with Crippen LogP contribution in [0.3, 0.4) is 0 Å². The van der Waals surface area contributed by atoms with E-state index in [1.807, 2.05) is 25.2 Å². The highest BCUT2D eigenvalue weighted by atomic mass is 33.1. The Morgan fingerprint density at radius 1 is 1.32 bits per heavy atom. The second kappa shape index (κ2) is 11.1. The number of nitrogens with one attached hydrogen (secondary N) is 2. The largest absolute Gasteiger partial charge is 0.356 e. The van der Waals surface area contributed by atoms with Gasteiger partial charge in [0.15, 0.2) is 0 Å². The molecule has 1 amide bonds. The van der Waals surface area contributed by atoms with E-state index in [-0.39, 0.29) is 5.91 Å². The van der Waals surface area contributed by atoms with Gasteiger partial charge in [-0.1, -0.05) is 16.9 Å². The Bertz CT molecular complexity index is 349. The number of hydrogen-bond acceptors (Lipinski definition) is 5. The normalized spacial score (nSPS) is 10.4. The number of pyridine rings is 1. The lowest BCUT2D eigenvalue weighted by Crippen LogP contribution is -2.25. The molecule has 1 aromatic heterocycles. The topological polar surface area (TPSA) is 54.0 Å². The van der Waals surface area contributed by atoms with Crippen molar-refractivity contribution in [3.8, 4) is 0 Å². The highest BCUT2D eigenvalue weighted by molar-refractivity contribution is 8.76. The van der Waals surface area contributed by atoms with E-state index in [0.29, 0.717) is 6.42 Å². The fraction of sp³-hybridized carbons (Fsp3) is 0.538. The summed E-state index contributed by atoms with van der Waals surface area (Å²) in [5.41, 5.74) is 0. The van der Waals surface area contributed by atoms with Crippen LogP contribution in [0.15, 0.2) is 29.4 Å². The Hall–Kier alpha value is -0.720. The monoisotopic (exact) mass is 299 g/mol. The number of aromatic nitrogens is 1. The van der Waals surface area contributed by atoms with Gasteiger partial charge in [0.05, 0.1) is 0 Å². The van der Waals surface area contributed by atoms with Gasteiger partial charge in [-0.05, 0) is 49.4 Å². The molecule has 0 radical (unpaired) electrons. The summed E-state index contributed by atoms with van der Waals surface area (Å²) < 4.78 is 0. The molecule has 0 unspecified atom stereocenters. The maximum Gasteiger partial charge on any atom is 0.220 e. The van der Waals surface area contributed by atoms with E-state index >= 15 is 0 Å². The van der Waals surface area contributed by atoms with E-state index < -0.39 is 0 Å². The van der Waals surface area contributed by atoms with E-state index in [2.05, 4.69) is 15.6 Å². The van der Waals surface area contributed by atoms with Crippen LogP contribution in [0, 0.1) is 0 Å². The molecule has 0 saturated carbocycles. The fourth-order valence-corrected chi connectivity index (χ4v) is 3.24. The summed E-state index contributed by atoms with van der Waals surface area (Å²) in [6.45, 7) is 1.78. The highest BCUT2D eigenvalue weighted by Crippen LogP contribution is 2.29. The maximum atomic E-state index is 11.5. The van der Waals surface area contributed by atoms with Crippen molar-refractivity contribution in [1.82, 2.24) is 15.6 Å². The molecule has 0 aliphatic carbocycles. The summed E-state index contributed by atoms with van der Waals surface area (Å²) in [5, 5.41) is 7.01. The second-order valence-electron chi connectivity index (χ2n) is 3.98. The van der Waals surface area contributed by atoms with Gasteiger partial charge in [0.1, 0.15) is 5.03 Å². The van der Waals surface area contributed by atoms with Gasteiger partial charge in [0, 0.05) is 24.9 Å². The van der Waals surface area contributed by atoms with Crippen LogP contribution >= 0.6 is 21.6 Å². The minimum Gasteiger partial charge on any atom is -0.356 e. The molecule has 6 heteroatoms. The molecular weight excluding hydrogens is 278 g/mol. The first-order chi connectivity index (χ1) is 9.33. The summed E-state index contributed by atoms with van der Waals surface area (Å²) in [6, 6.07) is 5.84. The minimum atomic E-state index is 0.138. The Morgan fingerprint density at radius 3 is 2.89 bits per heavy atom. The van der Waals surface area contributed by atoms with E-state index in [4.69, 9.17) is 0 Å². The maximum absolute atomic E-state index is 11.5. The van der Waals surface area contributed by atoms with Crippen LogP contribution < -0.4 is 10.6 Å². The number of unbranched alkanes of at least 4 members (excludes halogenated alkanes) is 1. The lowest BCUT2D eigenvalue weighted by atomic mass is 10.3. The van der Waals surface area contributed by atoms with Crippen LogP contribution in [0.5, 0.6) is 0 Å². The Labute approximate surface area is 122 Å². The third kappa shape index (κ3) is 8.91. The third-order valence-electron chi connectivity index (χ3n) is 2.37. The average Bonchev–Trinajstić information content (AvgIpc) is 2.44. The molecule has 0 bridgehead atoms. The molecule has 19 heavy (non-hydrogen) atoms. The molecule has 0 atom stereocenters. The van der Waals surface area contributed by atoms with Crippen molar-refractivity contribution in [2.75, 3.05) is 25.9 Å². The average molecular weight is 299 g/mol. The van der Waals surface area contributed by atoms with Crippen molar-refractivity contribution in [3.05, 3.63) is 24.4 Å². The van der Waals surface area contributed by atoms with Crippen LogP contribution in [0.25, 0.3) is 0 Å². The molecule has 1 heterocycles. The predicted octanol–water partition coefficient (Wildman–Crippen LogP) is 2.33. The fourth-order valence-electron chi connectivity index (χ4n) is 1.38. The molecule has 0 aliphatic heterocycles. The van der Waals surface area contributed by atoms with Crippen LogP contribution in [0.1, 0.15) is 19.3 Å². The van der Waals surface area contributed by atoms with Gasteiger partial charge in [0.25, 0.3) is 0 Å². The number of carbonyl (C=O) groups excluding carboxylic acids is 1. The molecule has 106 valence electrons. The van der Waals surface area contributed by atoms with Gasteiger partial charge in [-0.25, -0.2) is 4.98 Å². The summed E-state index contributed by atoms with van der Waals surface area (Å²) in [5.74, 6) is 0.947. The van der Waals surface area contributed by atoms with Crippen LogP contribution in [-0.2, 0) is 4.79 Å². The van der Waals surface area contributed by atoms with E-state index in [9.17, 15) is 4.79 Å². The number of hydrogen-bond donors (Lipinski definition) is 2. The van der Waals surface area contributed by atoms with Crippen molar-refractivity contribution in [3.63, 3.8) is 0 Å². The van der Waals surface area contributed by atoms with Gasteiger partial charge in [-0.3, -0.25) is 4.79 Å². The van der Waals surface area contributed by atoms with Gasteiger partial charge >= 0.3 is 0 Å². The Kier molecular flexibility index (Phi) is 9.57. The zero-order chi connectivity index (χ0) is 13.8.